The second-order valence-electron chi connectivity index (χ2n) is 6.36. The highest BCUT2D eigenvalue weighted by molar-refractivity contribution is 6.02. The van der Waals surface area contributed by atoms with Crippen molar-refractivity contribution in [1.29, 1.82) is 0 Å². The molecule has 0 saturated carbocycles. The van der Waals surface area contributed by atoms with Gasteiger partial charge < -0.3 is 19.2 Å². The Morgan fingerprint density at radius 2 is 1.57 bits per heavy atom. The summed E-state index contributed by atoms with van der Waals surface area (Å²) in [6.07, 6.45) is 2.18. The van der Waals surface area contributed by atoms with Crippen molar-refractivity contribution in [2.45, 2.75) is 33.3 Å². The van der Waals surface area contributed by atoms with Crippen LogP contribution in [-0.4, -0.2) is 12.5 Å². The van der Waals surface area contributed by atoms with Crippen LogP contribution >= 0.6 is 0 Å². The number of nitrogens with one attached hydrogen (secondary N) is 1. The SMILES string of the molecule is CCCc1ccc(OCc2ccc(C(=O)Nc3ccc(OCC)cc3)o2)cc1. The molecular formula is C23H25NO4. The lowest BCUT2D eigenvalue weighted by Gasteiger charge is -2.06. The summed E-state index contributed by atoms with van der Waals surface area (Å²) in [5.41, 5.74) is 1.97. The minimum Gasteiger partial charge on any atom is -0.494 e. The predicted molar refractivity (Wildman–Crippen MR) is 109 cm³/mol. The van der Waals surface area contributed by atoms with Crippen molar-refractivity contribution in [2.24, 2.45) is 0 Å². The van der Waals surface area contributed by atoms with Gasteiger partial charge in [-0.15, -0.1) is 0 Å². The number of hydrogen-bond donors (Lipinski definition) is 1. The van der Waals surface area contributed by atoms with Crippen molar-refractivity contribution in [3.63, 3.8) is 0 Å². The second kappa shape index (κ2) is 9.65. The van der Waals surface area contributed by atoms with Crippen LogP contribution in [0, 0.1) is 0 Å². The number of carbonyl (C=O) groups is 1. The second-order valence-corrected chi connectivity index (χ2v) is 6.36. The number of amides is 1. The van der Waals surface area contributed by atoms with Gasteiger partial charge in [0.25, 0.3) is 5.91 Å². The molecule has 5 heteroatoms. The molecule has 3 rings (SSSR count). The van der Waals surface area contributed by atoms with Crippen LogP contribution in [0.2, 0.25) is 0 Å². The Morgan fingerprint density at radius 3 is 2.25 bits per heavy atom. The van der Waals surface area contributed by atoms with Crippen LogP contribution < -0.4 is 14.8 Å². The molecule has 1 aromatic heterocycles. The lowest BCUT2D eigenvalue weighted by atomic mass is 10.1. The minimum atomic E-state index is -0.306. The normalized spacial score (nSPS) is 10.5. The first kappa shape index (κ1) is 19.5. The van der Waals surface area contributed by atoms with E-state index in [4.69, 9.17) is 13.9 Å². The lowest BCUT2D eigenvalue weighted by Crippen LogP contribution is -2.10. The molecule has 0 aliphatic carbocycles. The first-order valence-corrected chi connectivity index (χ1v) is 9.52. The molecule has 28 heavy (non-hydrogen) atoms. The fraction of sp³-hybridized carbons (Fsp3) is 0.261. The largest absolute Gasteiger partial charge is 0.494 e. The third kappa shape index (κ3) is 5.39. The first-order chi connectivity index (χ1) is 13.7. The molecule has 0 unspecified atom stereocenters. The third-order valence-corrected chi connectivity index (χ3v) is 4.15. The van der Waals surface area contributed by atoms with E-state index in [9.17, 15) is 4.79 Å². The Balaban J connectivity index is 1.53. The summed E-state index contributed by atoms with van der Waals surface area (Å²) in [5.74, 6) is 2.07. The van der Waals surface area contributed by atoms with Crippen LogP contribution in [-0.2, 0) is 13.0 Å². The Kier molecular flexibility index (Phi) is 6.73. The van der Waals surface area contributed by atoms with E-state index in [0.29, 0.717) is 18.1 Å². The number of rotatable bonds is 9. The van der Waals surface area contributed by atoms with Gasteiger partial charge in [0, 0.05) is 5.69 Å². The Bertz CT molecular complexity index is 882. The van der Waals surface area contributed by atoms with E-state index in [1.807, 2.05) is 31.2 Å². The van der Waals surface area contributed by atoms with Gasteiger partial charge in [-0.2, -0.15) is 0 Å². The summed E-state index contributed by atoms with van der Waals surface area (Å²) < 4.78 is 16.7. The molecule has 3 aromatic rings. The molecule has 1 heterocycles. The molecule has 2 aromatic carbocycles. The third-order valence-electron chi connectivity index (χ3n) is 4.15. The van der Waals surface area contributed by atoms with E-state index in [-0.39, 0.29) is 18.3 Å². The average Bonchev–Trinajstić information content (AvgIpc) is 3.19. The van der Waals surface area contributed by atoms with E-state index >= 15 is 0 Å². The molecular weight excluding hydrogens is 354 g/mol. The van der Waals surface area contributed by atoms with Crippen molar-refractivity contribution in [1.82, 2.24) is 0 Å². The molecule has 5 nitrogen and oxygen atoms in total. The number of furan rings is 1. The van der Waals surface area contributed by atoms with E-state index in [2.05, 4.69) is 24.4 Å². The van der Waals surface area contributed by atoms with Gasteiger partial charge in [-0.05, 0) is 67.4 Å². The van der Waals surface area contributed by atoms with Crippen LogP contribution in [0.25, 0.3) is 0 Å². The summed E-state index contributed by atoms with van der Waals surface area (Å²) in [6, 6.07) is 18.6. The van der Waals surface area contributed by atoms with Crippen molar-refractivity contribution in [3.05, 3.63) is 77.7 Å². The molecule has 0 bridgehead atoms. The molecule has 0 fully saturated rings. The van der Waals surface area contributed by atoms with Crippen molar-refractivity contribution < 1.29 is 18.7 Å². The first-order valence-electron chi connectivity index (χ1n) is 9.52. The van der Waals surface area contributed by atoms with Crippen molar-refractivity contribution in [3.8, 4) is 11.5 Å². The van der Waals surface area contributed by atoms with Crippen LogP contribution in [0.5, 0.6) is 11.5 Å². The highest BCUT2D eigenvalue weighted by atomic mass is 16.5. The zero-order valence-corrected chi connectivity index (χ0v) is 16.2. The number of aryl methyl sites for hydroxylation is 1. The molecule has 1 N–H and O–H groups in total. The zero-order chi connectivity index (χ0) is 19.8. The maximum Gasteiger partial charge on any atom is 0.291 e. The van der Waals surface area contributed by atoms with Crippen molar-refractivity contribution >= 4 is 11.6 Å². The molecule has 0 radical (unpaired) electrons. The van der Waals surface area contributed by atoms with Crippen LogP contribution in [0.3, 0.4) is 0 Å². The van der Waals surface area contributed by atoms with Gasteiger partial charge in [0.05, 0.1) is 6.61 Å². The van der Waals surface area contributed by atoms with E-state index in [0.717, 1.165) is 24.3 Å². The molecule has 0 atom stereocenters. The lowest BCUT2D eigenvalue weighted by molar-refractivity contribution is 0.0992. The fourth-order valence-electron chi connectivity index (χ4n) is 2.77. The predicted octanol–water partition coefficient (Wildman–Crippen LogP) is 5.46. The Morgan fingerprint density at radius 1 is 0.893 bits per heavy atom. The van der Waals surface area contributed by atoms with E-state index in [1.54, 1.807) is 24.3 Å². The maximum absolute atomic E-state index is 12.3. The highest BCUT2D eigenvalue weighted by Gasteiger charge is 2.12. The number of anilines is 1. The summed E-state index contributed by atoms with van der Waals surface area (Å²) >= 11 is 0. The summed E-state index contributed by atoms with van der Waals surface area (Å²) in [4.78, 5) is 12.3. The average molecular weight is 379 g/mol. The maximum atomic E-state index is 12.3. The summed E-state index contributed by atoms with van der Waals surface area (Å²) in [5, 5.41) is 2.80. The number of benzene rings is 2. The molecule has 146 valence electrons. The monoisotopic (exact) mass is 379 g/mol. The van der Waals surface area contributed by atoms with E-state index in [1.165, 1.54) is 5.56 Å². The quantitative estimate of drug-likeness (QED) is 0.536. The summed E-state index contributed by atoms with van der Waals surface area (Å²) in [6.45, 7) is 4.95. The van der Waals surface area contributed by atoms with Gasteiger partial charge in [-0.1, -0.05) is 25.5 Å². The van der Waals surface area contributed by atoms with Crippen LogP contribution in [0.15, 0.2) is 65.1 Å². The topological polar surface area (TPSA) is 60.7 Å². The molecule has 0 spiro atoms. The standard InChI is InChI=1S/C23H25NO4/c1-3-5-17-6-10-20(11-7-17)27-16-21-14-15-22(28-21)23(25)24-18-8-12-19(13-9-18)26-4-2/h6-15H,3-5,16H2,1-2H3,(H,24,25). The van der Waals surface area contributed by atoms with Gasteiger partial charge in [0.2, 0.25) is 0 Å². The molecule has 0 aliphatic rings. The van der Waals surface area contributed by atoms with Gasteiger partial charge in [-0.3, -0.25) is 4.79 Å². The summed E-state index contributed by atoms with van der Waals surface area (Å²) in [7, 11) is 0. The van der Waals surface area contributed by atoms with Gasteiger partial charge in [0.1, 0.15) is 23.9 Å². The number of hydrogen-bond acceptors (Lipinski definition) is 4. The minimum absolute atomic E-state index is 0.241. The van der Waals surface area contributed by atoms with Gasteiger partial charge in [-0.25, -0.2) is 0 Å². The van der Waals surface area contributed by atoms with E-state index < -0.39 is 0 Å². The van der Waals surface area contributed by atoms with Crippen molar-refractivity contribution in [2.75, 3.05) is 11.9 Å². The number of carbonyl (C=O) groups excluding carboxylic acids is 1. The van der Waals surface area contributed by atoms with Gasteiger partial charge >= 0.3 is 0 Å². The van der Waals surface area contributed by atoms with Crippen LogP contribution in [0.4, 0.5) is 5.69 Å². The van der Waals surface area contributed by atoms with Crippen LogP contribution in [0.1, 0.15) is 42.1 Å². The zero-order valence-electron chi connectivity index (χ0n) is 16.2. The molecule has 0 saturated heterocycles. The molecule has 0 aliphatic heterocycles. The Hall–Kier alpha value is -3.21. The highest BCUT2D eigenvalue weighted by Crippen LogP contribution is 2.19. The Labute approximate surface area is 165 Å². The molecule has 1 amide bonds. The van der Waals surface area contributed by atoms with Gasteiger partial charge in [0.15, 0.2) is 5.76 Å². The number of ether oxygens (including phenoxy) is 2. The smallest absolute Gasteiger partial charge is 0.291 e. The fourth-order valence-corrected chi connectivity index (χ4v) is 2.77.